The maximum atomic E-state index is 5.85. The van der Waals surface area contributed by atoms with Crippen molar-refractivity contribution >= 4 is 34.1 Å². The van der Waals surface area contributed by atoms with Gasteiger partial charge >= 0.3 is 0 Å². The van der Waals surface area contributed by atoms with E-state index in [1.807, 2.05) is 12.1 Å². The van der Waals surface area contributed by atoms with Crippen molar-refractivity contribution in [1.82, 2.24) is 14.5 Å². The van der Waals surface area contributed by atoms with Gasteiger partial charge in [0.25, 0.3) is 0 Å². The Hall–Kier alpha value is -1.39. The molecule has 5 heteroatoms. The Morgan fingerprint density at radius 2 is 2.22 bits per heavy atom. The number of nitrogens with zero attached hydrogens (tertiary/aromatic N) is 3. The zero-order chi connectivity index (χ0) is 12.4. The third kappa shape index (κ3) is 2.13. The maximum absolute atomic E-state index is 5.85. The largest absolute Gasteiger partial charge is 0.307 e. The van der Waals surface area contributed by atoms with Crippen LogP contribution in [0.3, 0.4) is 0 Å². The summed E-state index contributed by atoms with van der Waals surface area (Å²) in [6.07, 6.45) is 2.57. The summed E-state index contributed by atoms with van der Waals surface area (Å²) in [5, 5.41) is 2.09. The summed E-state index contributed by atoms with van der Waals surface area (Å²) in [5.41, 5.74) is 1.88. The molecule has 0 saturated heterocycles. The predicted molar refractivity (Wildman–Crippen MR) is 75.4 cm³/mol. The monoisotopic (exact) mass is 277 g/mol. The lowest BCUT2D eigenvalue weighted by Crippen LogP contribution is -2.05. The third-order valence-corrected chi connectivity index (χ3v) is 3.85. The van der Waals surface area contributed by atoms with Gasteiger partial charge in [-0.3, -0.25) is 0 Å². The van der Waals surface area contributed by atoms with Crippen LogP contribution in [0.15, 0.2) is 35.8 Å². The highest BCUT2D eigenvalue weighted by Gasteiger charge is 2.11. The third-order valence-electron chi connectivity index (χ3n) is 2.79. The molecule has 0 N–H and O–H groups in total. The van der Waals surface area contributed by atoms with E-state index in [-0.39, 0.29) is 0 Å². The summed E-state index contributed by atoms with van der Waals surface area (Å²) in [6, 6.07) is 8.10. The van der Waals surface area contributed by atoms with Crippen LogP contribution in [0.25, 0.3) is 11.2 Å². The van der Waals surface area contributed by atoms with Crippen molar-refractivity contribution in [3.05, 3.63) is 46.5 Å². The molecule has 3 aromatic heterocycles. The number of pyridine rings is 1. The molecule has 0 unspecified atom stereocenters. The van der Waals surface area contributed by atoms with Crippen molar-refractivity contribution in [3.63, 3.8) is 0 Å². The van der Waals surface area contributed by atoms with Gasteiger partial charge in [-0.2, -0.15) is 0 Å². The Morgan fingerprint density at radius 3 is 3.00 bits per heavy atom. The zero-order valence-corrected chi connectivity index (χ0v) is 11.3. The van der Waals surface area contributed by atoms with Crippen LogP contribution in [-0.2, 0) is 13.0 Å². The van der Waals surface area contributed by atoms with Gasteiger partial charge in [0.2, 0.25) is 0 Å². The summed E-state index contributed by atoms with van der Waals surface area (Å²) in [7, 11) is 0. The summed E-state index contributed by atoms with van der Waals surface area (Å²) in [4.78, 5) is 10.3. The van der Waals surface area contributed by atoms with E-state index in [1.54, 1.807) is 17.5 Å². The number of alkyl halides is 1. The lowest BCUT2D eigenvalue weighted by molar-refractivity contribution is 0.756. The van der Waals surface area contributed by atoms with Crippen molar-refractivity contribution in [3.8, 4) is 0 Å². The fourth-order valence-electron chi connectivity index (χ4n) is 2.01. The Labute approximate surface area is 114 Å². The Bertz CT molecular complexity index is 645. The number of rotatable bonds is 4. The van der Waals surface area contributed by atoms with Crippen LogP contribution in [-0.4, -0.2) is 20.4 Å². The van der Waals surface area contributed by atoms with Crippen molar-refractivity contribution < 1.29 is 0 Å². The minimum absolute atomic E-state index is 0.577. The van der Waals surface area contributed by atoms with Crippen molar-refractivity contribution in [2.75, 3.05) is 5.88 Å². The highest BCUT2D eigenvalue weighted by atomic mass is 35.5. The van der Waals surface area contributed by atoms with E-state index in [9.17, 15) is 0 Å². The van der Waals surface area contributed by atoms with Gasteiger partial charge in [-0.05, 0) is 23.6 Å². The first-order chi connectivity index (χ1) is 8.88. The smallest absolute Gasteiger partial charge is 0.160 e. The second-order valence-electron chi connectivity index (χ2n) is 3.98. The summed E-state index contributed by atoms with van der Waals surface area (Å²) >= 11 is 7.59. The number of aromatic nitrogens is 3. The van der Waals surface area contributed by atoms with E-state index < -0.39 is 0 Å². The van der Waals surface area contributed by atoms with E-state index in [0.717, 1.165) is 30.0 Å². The van der Waals surface area contributed by atoms with Gasteiger partial charge in [-0.1, -0.05) is 6.07 Å². The molecule has 0 fully saturated rings. The van der Waals surface area contributed by atoms with E-state index in [0.29, 0.717) is 5.88 Å². The summed E-state index contributed by atoms with van der Waals surface area (Å²) < 4.78 is 2.16. The van der Waals surface area contributed by atoms with Crippen LogP contribution in [0.4, 0.5) is 0 Å². The van der Waals surface area contributed by atoms with E-state index in [1.165, 1.54) is 4.88 Å². The van der Waals surface area contributed by atoms with Crippen LogP contribution in [0.5, 0.6) is 0 Å². The molecule has 0 saturated carbocycles. The first-order valence-corrected chi connectivity index (χ1v) is 7.18. The average Bonchev–Trinajstić information content (AvgIpc) is 3.00. The molecule has 0 aromatic carbocycles. The molecule has 3 nitrogen and oxygen atoms in total. The minimum Gasteiger partial charge on any atom is -0.307 e. The minimum atomic E-state index is 0.577. The van der Waals surface area contributed by atoms with Crippen LogP contribution in [0.1, 0.15) is 10.7 Å². The molecule has 0 spiro atoms. The van der Waals surface area contributed by atoms with Gasteiger partial charge in [0.15, 0.2) is 5.65 Å². The molecule has 3 heterocycles. The van der Waals surface area contributed by atoms with Crippen LogP contribution < -0.4 is 0 Å². The zero-order valence-electron chi connectivity index (χ0n) is 9.71. The SMILES string of the molecule is ClCCc1nc2cccnc2n1Cc1cccs1. The molecule has 3 aromatic rings. The average molecular weight is 278 g/mol. The molecule has 3 rings (SSSR count). The second kappa shape index (κ2) is 5.08. The molecule has 0 aliphatic rings. The van der Waals surface area contributed by atoms with Crippen LogP contribution >= 0.6 is 22.9 Å². The molecule has 0 radical (unpaired) electrons. The van der Waals surface area contributed by atoms with Gasteiger partial charge in [-0.15, -0.1) is 22.9 Å². The van der Waals surface area contributed by atoms with Crippen molar-refractivity contribution in [1.29, 1.82) is 0 Å². The van der Waals surface area contributed by atoms with Gasteiger partial charge in [0.1, 0.15) is 11.3 Å². The molecular weight excluding hydrogens is 266 g/mol. The first kappa shape index (κ1) is 11.7. The number of thiophene rings is 1. The Balaban J connectivity index is 2.09. The molecule has 92 valence electrons. The quantitative estimate of drug-likeness (QED) is 0.685. The van der Waals surface area contributed by atoms with Crippen molar-refractivity contribution in [2.24, 2.45) is 0 Å². The van der Waals surface area contributed by atoms with Crippen molar-refractivity contribution in [2.45, 2.75) is 13.0 Å². The highest BCUT2D eigenvalue weighted by molar-refractivity contribution is 7.09. The fourth-order valence-corrected chi connectivity index (χ4v) is 2.87. The standard InChI is InChI=1S/C13H12ClN3S/c14-6-5-12-16-11-4-1-7-15-13(11)17(12)9-10-3-2-8-18-10/h1-4,7-8H,5-6,9H2. The molecular formula is C13H12ClN3S. The molecule has 0 aliphatic carbocycles. The predicted octanol–water partition coefficient (Wildman–Crippen LogP) is 3.32. The van der Waals surface area contributed by atoms with Gasteiger partial charge < -0.3 is 4.57 Å². The van der Waals surface area contributed by atoms with E-state index >= 15 is 0 Å². The van der Waals surface area contributed by atoms with Gasteiger partial charge in [-0.25, -0.2) is 9.97 Å². The number of hydrogen-bond donors (Lipinski definition) is 0. The highest BCUT2D eigenvalue weighted by Crippen LogP contribution is 2.18. The van der Waals surface area contributed by atoms with Crippen LogP contribution in [0.2, 0.25) is 0 Å². The fraction of sp³-hybridized carbons (Fsp3) is 0.231. The lowest BCUT2D eigenvalue weighted by atomic mass is 10.4. The molecule has 18 heavy (non-hydrogen) atoms. The number of fused-ring (bicyclic) bond motifs is 1. The summed E-state index contributed by atoms with van der Waals surface area (Å²) in [6.45, 7) is 0.817. The molecule has 0 atom stereocenters. The molecule has 0 aliphatic heterocycles. The first-order valence-electron chi connectivity index (χ1n) is 5.77. The van der Waals surface area contributed by atoms with E-state index in [4.69, 9.17) is 11.6 Å². The number of halogens is 1. The molecule has 0 amide bonds. The van der Waals surface area contributed by atoms with Crippen LogP contribution in [0, 0.1) is 0 Å². The Kier molecular flexibility index (Phi) is 3.30. The van der Waals surface area contributed by atoms with Gasteiger partial charge in [0.05, 0.1) is 6.54 Å². The van der Waals surface area contributed by atoms with Gasteiger partial charge in [0, 0.05) is 23.4 Å². The van der Waals surface area contributed by atoms with E-state index in [2.05, 4.69) is 32.0 Å². The molecule has 0 bridgehead atoms. The normalized spacial score (nSPS) is 11.2. The summed E-state index contributed by atoms with van der Waals surface area (Å²) in [5.74, 6) is 1.58. The Morgan fingerprint density at radius 1 is 1.28 bits per heavy atom. The number of hydrogen-bond acceptors (Lipinski definition) is 3. The maximum Gasteiger partial charge on any atom is 0.160 e. The lowest BCUT2D eigenvalue weighted by Gasteiger charge is -2.05. The topological polar surface area (TPSA) is 30.7 Å². The number of imidazole rings is 1. The second-order valence-corrected chi connectivity index (χ2v) is 5.39. The number of aryl methyl sites for hydroxylation is 1.